The zero-order valence-corrected chi connectivity index (χ0v) is 39.5. The monoisotopic (exact) mass is 831 g/mol. The number of aliphatic hydroxyl groups excluding tert-OH is 1. The Kier molecular flexibility index (Phi) is 14.3. The van der Waals surface area contributed by atoms with Gasteiger partial charge in [-0.3, -0.25) is 14.5 Å². The number of nitrogens with zero attached hydrogens (tertiary/aromatic N) is 2. The molecular formula is C52H79ClN2O4. The van der Waals surface area contributed by atoms with E-state index in [0.29, 0.717) is 43.2 Å². The average molecular weight is 832 g/mol. The predicted molar refractivity (Wildman–Crippen MR) is 243 cm³/mol. The van der Waals surface area contributed by atoms with E-state index in [2.05, 4.69) is 89.7 Å². The molecule has 0 aliphatic heterocycles. The number of ketones is 1. The van der Waals surface area contributed by atoms with E-state index in [1.807, 2.05) is 32.9 Å². The van der Waals surface area contributed by atoms with Crippen LogP contribution >= 0.6 is 11.6 Å². The Morgan fingerprint density at radius 2 is 1.64 bits per heavy atom. The normalized spacial score (nSPS) is 34.2. The van der Waals surface area contributed by atoms with Crippen LogP contribution in [0.2, 0.25) is 5.02 Å². The molecule has 1 aromatic rings. The van der Waals surface area contributed by atoms with Gasteiger partial charge in [-0.05, 0) is 165 Å². The first kappa shape index (κ1) is 46.3. The summed E-state index contributed by atoms with van der Waals surface area (Å²) in [5, 5.41) is 13.4. The van der Waals surface area contributed by atoms with Gasteiger partial charge in [-0.15, -0.1) is 0 Å². The van der Waals surface area contributed by atoms with E-state index >= 15 is 0 Å². The van der Waals surface area contributed by atoms with Gasteiger partial charge in [0.15, 0.2) is 5.78 Å². The van der Waals surface area contributed by atoms with Crippen LogP contribution in [0.1, 0.15) is 139 Å². The lowest BCUT2D eigenvalue weighted by Gasteiger charge is -2.68. The molecular weight excluding hydrogens is 752 g/mol. The molecule has 0 aromatic heterocycles. The summed E-state index contributed by atoms with van der Waals surface area (Å²) in [6.45, 7) is 24.1. The maximum atomic E-state index is 14.3. The molecule has 0 spiro atoms. The maximum Gasteiger partial charge on any atom is 0.309 e. The molecule has 9 atom stereocenters. The summed E-state index contributed by atoms with van der Waals surface area (Å²) in [5.41, 5.74) is 6.59. The van der Waals surface area contributed by atoms with Gasteiger partial charge in [0.05, 0.1) is 18.6 Å². The second kappa shape index (κ2) is 18.2. The molecule has 328 valence electrons. The standard InChI is InChI=1S/C50H73ClN2O4.C2H6/c1-10-57-46(56)35-15-13-34(14-16-35)38-21-24-49(7)41(47(38,4)5)23-25-48(6)39-22-26-50(29-40(54)44(32(2)3)45(50)37(39)19-20-42(48)49)43(55)31-53(28-27-52(8)9)30-33-11-17-36(51)18-12-33;1-2/h11-13,17-18,21,32,35,37,39,41-43,55H,10,14-16,19-20,22-31H2,1-9H3;1-2H3. The minimum atomic E-state index is -0.605. The number of rotatable bonds is 12. The zero-order chi connectivity index (χ0) is 43.1. The number of esters is 1. The molecule has 3 fully saturated rings. The second-order valence-electron chi connectivity index (χ2n) is 20.9. The maximum absolute atomic E-state index is 14.3. The van der Waals surface area contributed by atoms with Crippen LogP contribution in [0.4, 0.5) is 0 Å². The number of benzene rings is 1. The topological polar surface area (TPSA) is 70.1 Å². The number of likely N-dealkylation sites (N-methyl/N-ethyl adjacent to an activating group) is 1. The highest BCUT2D eigenvalue weighted by molar-refractivity contribution is 6.30. The zero-order valence-electron chi connectivity index (χ0n) is 38.8. The number of fused-ring (bicyclic) bond motifs is 7. The number of Topliss-reactive ketones (excluding diaryl/α,β-unsaturated/α-hetero) is 1. The van der Waals surface area contributed by atoms with Gasteiger partial charge >= 0.3 is 5.97 Å². The quantitative estimate of drug-likeness (QED) is 0.212. The van der Waals surface area contributed by atoms with Crippen LogP contribution in [-0.2, 0) is 20.9 Å². The number of carbonyl (C=O) groups is 2. The van der Waals surface area contributed by atoms with Crippen molar-refractivity contribution in [3.63, 3.8) is 0 Å². The number of carbonyl (C=O) groups excluding carboxylic acids is 2. The largest absolute Gasteiger partial charge is 0.466 e. The Morgan fingerprint density at radius 1 is 0.932 bits per heavy atom. The molecule has 0 heterocycles. The summed E-state index contributed by atoms with van der Waals surface area (Å²) in [6, 6.07) is 8.09. The van der Waals surface area contributed by atoms with Gasteiger partial charge < -0.3 is 14.7 Å². The third-order valence-corrected chi connectivity index (χ3v) is 17.1. The molecule has 59 heavy (non-hydrogen) atoms. The van der Waals surface area contributed by atoms with Gasteiger partial charge in [0.2, 0.25) is 0 Å². The summed E-state index contributed by atoms with van der Waals surface area (Å²) >= 11 is 6.25. The van der Waals surface area contributed by atoms with E-state index in [9.17, 15) is 14.7 Å². The van der Waals surface area contributed by atoms with E-state index in [0.717, 1.165) is 75.2 Å². The van der Waals surface area contributed by atoms with Crippen molar-refractivity contribution in [1.82, 2.24) is 9.80 Å². The molecule has 6 aliphatic carbocycles. The third-order valence-electron chi connectivity index (χ3n) is 16.9. The summed E-state index contributed by atoms with van der Waals surface area (Å²) < 4.78 is 5.38. The Hall–Kier alpha value is -2.25. The van der Waals surface area contributed by atoms with Gasteiger partial charge in [0.25, 0.3) is 0 Å². The SMILES string of the molecule is CC.CCOC(=O)C1CC=C(C2=CCC3(C)C(CCC4(C)C5CCC6(C(O)CN(CCN(C)C)Cc7ccc(Cl)cc7)CC(=O)C(C(C)C)=C6C5CCC43)C2(C)C)CC1. The van der Waals surface area contributed by atoms with E-state index in [1.54, 1.807) is 0 Å². The summed E-state index contributed by atoms with van der Waals surface area (Å²) in [7, 11) is 4.21. The van der Waals surface area contributed by atoms with Crippen LogP contribution in [-0.4, -0.2) is 73.1 Å². The number of ether oxygens (including phenoxy) is 1. The predicted octanol–water partition coefficient (Wildman–Crippen LogP) is 11.5. The molecule has 0 saturated heterocycles. The van der Waals surface area contributed by atoms with Crippen LogP contribution in [0.3, 0.4) is 0 Å². The van der Waals surface area contributed by atoms with E-state index in [1.165, 1.54) is 41.5 Å². The lowest BCUT2D eigenvalue weighted by atomic mass is 9.36. The first-order valence-corrected chi connectivity index (χ1v) is 24.0. The van der Waals surface area contributed by atoms with Crippen LogP contribution in [0, 0.1) is 57.2 Å². The molecule has 6 nitrogen and oxygen atoms in total. The molecule has 9 unspecified atom stereocenters. The Balaban J connectivity index is 0.00000288. The van der Waals surface area contributed by atoms with Crippen LogP contribution in [0.25, 0.3) is 0 Å². The smallest absolute Gasteiger partial charge is 0.309 e. The van der Waals surface area contributed by atoms with Crippen molar-refractivity contribution in [1.29, 1.82) is 0 Å². The van der Waals surface area contributed by atoms with Crippen LogP contribution < -0.4 is 0 Å². The third kappa shape index (κ3) is 8.49. The van der Waals surface area contributed by atoms with Crippen molar-refractivity contribution in [3.05, 3.63) is 69.3 Å². The lowest BCUT2D eigenvalue weighted by Crippen LogP contribution is -2.61. The van der Waals surface area contributed by atoms with Crippen LogP contribution in [0.5, 0.6) is 0 Å². The molecule has 6 aliphatic rings. The number of aliphatic hydroxyl groups is 1. The highest BCUT2D eigenvalue weighted by Gasteiger charge is 2.66. The van der Waals surface area contributed by atoms with Crippen molar-refractivity contribution in [3.8, 4) is 0 Å². The molecule has 0 bridgehead atoms. The van der Waals surface area contributed by atoms with Crippen molar-refractivity contribution in [2.45, 2.75) is 146 Å². The van der Waals surface area contributed by atoms with E-state index in [-0.39, 0.29) is 39.8 Å². The fraction of sp³-hybridized carbons (Fsp3) is 0.731. The Labute approximate surface area is 363 Å². The van der Waals surface area contributed by atoms with Crippen molar-refractivity contribution in [2.75, 3.05) is 40.3 Å². The molecule has 0 amide bonds. The second-order valence-corrected chi connectivity index (χ2v) is 21.3. The minimum Gasteiger partial charge on any atom is -0.466 e. The van der Waals surface area contributed by atoms with Gasteiger partial charge in [0, 0.05) is 43.0 Å². The highest BCUT2D eigenvalue weighted by Crippen LogP contribution is 2.73. The lowest BCUT2D eigenvalue weighted by molar-refractivity contribution is -0.163. The first-order chi connectivity index (χ1) is 28.0. The van der Waals surface area contributed by atoms with Gasteiger partial charge in [-0.1, -0.05) is 96.8 Å². The number of hydrogen-bond donors (Lipinski definition) is 1. The Morgan fingerprint density at radius 3 is 2.27 bits per heavy atom. The minimum absolute atomic E-state index is 0.00922. The highest BCUT2D eigenvalue weighted by atomic mass is 35.5. The number of allylic oxidation sites excluding steroid dienone is 5. The summed E-state index contributed by atoms with van der Waals surface area (Å²) in [5.74, 6) is 2.49. The fourth-order valence-electron chi connectivity index (χ4n) is 14.3. The molecule has 7 rings (SSSR count). The number of halogens is 1. The van der Waals surface area contributed by atoms with Gasteiger partial charge in [-0.25, -0.2) is 0 Å². The van der Waals surface area contributed by atoms with Crippen molar-refractivity contribution < 1.29 is 19.4 Å². The summed E-state index contributed by atoms with van der Waals surface area (Å²) in [4.78, 5) is 31.4. The summed E-state index contributed by atoms with van der Waals surface area (Å²) in [6.07, 6.45) is 15.3. The van der Waals surface area contributed by atoms with Gasteiger partial charge in [0.1, 0.15) is 0 Å². The Bertz CT molecular complexity index is 1780. The van der Waals surface area contributed by atoms with Gasteiger partial charge in [-0.2, -0.15) is 0 Å². The van der Waals surface area contributed by atoms with Crippen molar-refractivity contribution >= 4 is 23.4 Å². The molecule has 0 radical (unpaired) electrons. The van der Waals surface area contributed by atoms with Crippen molar-refractivity contribution in [2.24, 2.45) is 57.2 Å². The van der Waals surface area contributed by atoms with E-state index in [4.69, 9.17) is 16.3 Å². The molecule has 1 N–H and O–H groups in total. The average Bonchev–Trinajstić information content (AvgIpc) is 3.52. The molecule has 1 aromatic carbocycles. The fourth-order valence-corrected chi connectivity index (χ4v) is 14.4. The van der Waals surface area contributed by atoms with E-state index < -0.39 is 11.5 Å². The first-order valence-electron chi connectivity index (χ1n) is 23.6. The molecule has 7 heteroatoms. The van der Waals surface area contributed by atoms with Crippen LogP contribution in [0.15, 0.2) is 58.7 Å². The molecule has 3 saturated carbocycles. The number of hydrogen-bond acceptors (Lipinski definition) is 6.